The third-order valence-corrected chi connectivity index (χ3v) is 8.23. The molecule has 1 aliphatic rings. The average Bonchev–Trinajstić information content (AvgIpc) is 3.51. The molecule has 0 radical (unpaired) electrons. The summed E-state index contributed by atoms with van der Waals surface area (Å²) in [6.07, 6.45) is 8.68. The fourth-order valence-corrected chi connectivity index (χ4v) is 6.28. The van der Waals surface area contributed by atoms with Crippen molar-refractivity contribution in [2.45, 2.75) is 37.0 Å². The van der Waals surface area contributed by atoms with E-state index in [1.807, 2.05) is 24.3 Å². The van der Waals surface area contributed by atoms with Gasteiger partial charge in [0.2, 0.25) is 0 Å². The number of carbonyl (C=O) groups excluding carboxylic acids is 1. The molecule has 0 N–H and O–H groups in total. The van der Waals surface area contributed by atoms with Gasteiger partial charge in [0, 0.05) is 17.4 Å². The standard InChI is InChI=1S/C28H25FN2O3S/c29-24-17-23-18-27(31(28(23)30-19-24)35(33,34)25-8-2-1-3-9-25)26(16-21-6-4-5-7-21)22-12-10-20(11-13-22)14-15-32/h1-3,8-13,15-19,21H,4-7,14H2. The largest absolute Gasteiger partial charge is 0.303 e. The van der Waals surface area contributed by atoms with Crippen LogP contribution in [0.15, 0.2) is 83.9 Å². The number of pyridine rings is 1. The Labute approximate surface area is 204 Å². The van der Waals surface area contributed by atoms with Gasteiger partial charge >= 0.3 is 0 Å². The molecule has 5 nitrogen and oxygen atoms in total. The van der Waals surface area contributed by atoms with Gasteiger partial charge in [-0.15, -0.1) is 0 Å². The Hall–Kier alpha value is -3.58. The normalized spacial score (nSPS) is 15.1. The smallest absolute Gasteiger partial charge is 0.269 e. The van der Waals surface area contributed by atoms with E-state index >= 15 is 0 Å². The van der Waals surface area contributed by atoms with Gasteiger partial charge in [0.05, 0.1) is 16.8 Å². The van der Waals surface area contributed by atoms with Crippen LogP contribution in [-0.4, -0.2) is 23.7 Å². The second kappa shape index (κ2) is 9.58. The molecule has 1 aliphatic carbocycles. The zero-order valence-electron chi connectivity index (χ0n) is 19.1. The maximum atomic E-state index is 14.1. The van der Waals surface area contributed by atoms with Gasteiger partial charge in [0.25, 0.3) is 10.0 Å². The molecule has 0 amide bonds. The minimum Gasteiger partial charge on any atom is -0.303 e. The van der Waals surface area contributed by atoms with Gasteiger partial charge < -0.3 is 4.79 Å². The first kappa shape index (κ1) is 23.2. The molecule has 35 heavy (non-hydrogen) atoms. The Morgan fingerprint density at radius 3 is 2.43 bits per heavy atom. The average molecular weight is 489 g/mol. The Bertz CT molecular complexity index is 1500. The highest BCUT2D eigenvalue weighted by molar-refractivity contribution is 7.90. The highest BCUT2D eigenvalue weighted by atomic mass is 32.2. The van der Waals surface area contributed by atoms with Crippen molar-refractivity contribution in [3.63, 3.8) is 0 Å². The van der Waals surface area contributed by atoms with E-state index in [0.29, 0.717) is 23.4 Å². The van der Waals surface area contributed by atoms with Crippen molar-refractivity contribution in [2.75, 3.05) is 0 Å². The molecular formula is C28H25FN2O3S. The number of nitrogens with zero attached hydrogens (tertiary/aromatic N) is 2. The van der Waals surface area contributed by atoms with Crippen LogP contribution in [-0.2, 0) is 21.2 Å². The monoisotopic (exact) mass is 488 g/mol. The third kappa shape index (κ3) is 4.56. The highest BCUT2D eigenvalue weighted by Gasteiger charge is 2.27. The molecule has 1 fully saturated rings. The molecule has 0 unspecified atom stereocenters. The minimum atomic E-state index is -4.02. The Morgan fingerprint density at radius 1 is 1.03 bits per heavy atom. The molecule has 0 aliphatic heterocycles. The van der Waals surface area contributed by atoms with Crippen LogP contribution in [0.2, 0.25) is 0 Å². The zero-order valence-corrected chi connectivity index (χ0v) is 19.9. The van der Waals surface area contributed by atoms with Gasteiger partial charge in [-0.3, -0.25) is 0 Å². The van der Waals surface area contributed by atoms with Crippen LogP contribution in [0.5, 0.6) is 0 Å². The fourth-order valence-electron chi connectivity index (χ4n) is 4.78. The lowest BCUT2D eigenvalue weighted by molar-refractivity contribution is -0.107. The van der Waals surface area contributed by atoms with Crippen molar-refractivity contribution >= 4 is 32.9 Å². The van der Waals surface area contributed by atoms with Crippen LogP contribution in [0.4, 0.5) is 4.39 Å². The summed E-state index contributed by atoms with van der Waals surface area (Å²) < 4.78 is 43.1. The fraction of sp³-hybridized carbons (Fsp3) is 0.214. The Morgan fingerprint density at radius 2 is 1.74 bits per heavy atom. The number of carbonyl (C=O) groups is 1. The first-order valence-corrected chi connectivity index (χ1v) is 13.1. The zero-order chi connectivity index (χ0) is 24.4. The number of aldehydes is 1. The van der Waals surface area contributed by atoms with Crippen molar-refractivity contribution < 1.29 is 17.6 Å². The molecule has 0 atom stereocenters. The van der Waals surface area contributed by atoms with Crippen LogP contribution in [0.1, 0.15) is 42.5 Å². The lowest BCUT2D eigenvalue weighted by Gasteiger charge is -2.16. The van der Waals surface area contributed by atoms with Gasteiger partial charge in [-0.05, 0) is 54.2 Å². The molecule has 0 saturated heterocycles. The molecule has 0 bridgehead atoms. The van der Waals surface area contributed by atoms with Crippen molar-refractivity contribution in [1.29, 1.82) is 0 Å². The first-order valence-electron chi connectivity index (χ1n) is 11.7. The second-order valence-electron chi connectivity index (χ2n) is 8.87. The number of benzene rings is 2. The summed E-state index contributed by atoms with van der Waals surface area (Å²) in [5.41, 5.74) is 3.09. The number of halogens is 1. The van der Waals surface area contributed by atoms with E-state index in [4.69, 9.17) is 0 Å². The van der Waals surface area contributed by atoms with E-state index in [0.717, 1.165) is 54.9 Å². The molecule has 5 rings (SSSR count). The first-order chi connectivity index (χ1) is 17.0. The molecule has 0 spiro atoms. The summed E-state index contributed by atoms with van der Waals surface area (Å²) >= 11 is 0. The minimum absolute atomic E-state index is 0.131. The van der Waals surface area contributed by atoms with Gasteiger partial charge in [0.15, 0.2) is 5.65 Å². The van der Waals surface area contributed by atoms with Crippen LogP contribution >= 0.6 is 0 Å². The summed E-state index contributed by atoms with van der Waals surface area (Å²) in [7, 11) is -4.02. The number of fused-ring (bicyclic) bond motifs is 1. The lowest BCUT2D eigenvalue weighted by Crippen LogP contribution is -2.16. The molecule has 2 aromatic carbocycles. The van der Waals surface area contributed by atoms with Gasteiger partial charge in [-0.1, -0.05) is 61.4 Å². The van der Waals surface area contributed by atoms with Crippen molar-refractivity contribution in [3.8, 4) is 0 Å². The number of rotatable bonds is 7. The van der Waals surface area contributed by atoms with E-state index in [1.54, 1.807) is 36.4 Å². The Balaban J connectivity index is 1.77. The quantitative estimate of drug-likeness (QED) is 0.310. The summed E-state index contributed by atoms with van der Waals surface area (Å²) in [5.74, 6) is -0.215. The molecule has 1 saturated carbocycles. The number of allylic oxidation sites excluding steroid dienone is 1. The maximum absolute atomic E-state index is 14.1. The molecule has 7 heteroatoms. The predicted molar refractivity (Wildman–Crippen MR) is 134 cm³/mol. The maximum Gasteiger partial charge on any atom is 0.269 e. The van der Waals surface area contributed by atoms with Crippen LogP contribution in [0.3, 0.4) is 0 Å². The SMILES string of the molecule is O=CCc1ccc(C(=CC2CCCC2)c2cc3cc(F)cnc3n2S(=O)(=O)c2ccccc2)cc1. The summed E-state index contributed by atoms with van der Waals surface area (Å²) in [4.78, 5) is 15.3. The van der Waals surface area contributed by atoms with Crippen molar-refractivity contribution in [1.82, 2.24) is 8.96 Å². The summed E-state index contributed by atoms with van der Waals surface area (Å²) in [5, 5.41) is 0.411. The number of hydrogen-bond acceptors (Lipinski definition) is 4. The Kier molecular flexibility index (Phi) is 6.34. The molecule has 178 valence electrons. The molecule has 2 heterocycles. The van der Waals surface area contributed by atoms with E-state index in [-0.39, 0.29) is 10.5 Å². The van der Waals surface area contributed by atoms with E-state index in [9.17, 15) is 17.6 Å². The third-order valence-electron chi connectivity index (χ3n) is 6.51. The van der Waals surface area contributed by atoms with Crippen molar-refractivity contribution in [3.05, 3.63) is 102 Å². The second-order valence-corrected chi connectivity index (χ2v) is 10.7. The van der Waals surface area contributed by atoms with E-state index in [2.05, 4.69) is 11.1 Å². The predicted octanol–water partition coefficient (Wildman–Crippen LogP) is 5.78. The van der Waals surface area contributed by atoms with E-state index in [1.165, 1.54) is 10.0 Å². The topological polar surface area (TPSA) is 69.0 Å². The summed E-state index contributed by atoms with van der Waals surface area (Å²) in [6.45, 7) is 0. The van der Waals surface area contributed by atoms with Gasteiger partial charge in [-0.25, -0.2) is 21.8 Å². The van der Waals surface area contributed by atoms with Gasteiger partial charge in [-0.2, -0.15) is 0 Å². The van der Waals surface area contributed by atoms with Crippen LogP contribution in [0, 0.1) is 11.7 Å². The van der Waals surface area contributed by atoms with E-state index < -0.39 is 15.8 Å². The lowest BCUT2D eigenvalue weighted by atomic mass is 9.95. The number of hydrogen-bond donors (Lipinski definition) is 0. The van der Waals surface area contributed by atoms with Crippen LogP contribution in [0.25, 0.3) is 16.6 Å². The van der Waals surface area contributed by atoms with Gasteiger partial charge in [0.1, 0.15) is 12.1 Å². The highest BCUT2D eigenvalue weighted by Crippen LogP contribution is 2.36. The number of aromatic nitrogens is 2. The molecule has 4 aromatic rings. The molecule has 2 aromatic heterocycles. The molecular weight excluding hydrogens is 463 g/mol. The van der Waals surface area contributed by atoms with Crippen LogP contribution < -0.4 is 0 Å². The van der Waals surface area contributed by atoms with Crippen molar-refractivity contribution in [2.24, 2.45) is 5.92 Å². The summed E-state index contributed by atoms with van der Waals surface area (Å²) in [6, 6.07) is 18.8.